The van der Waals surface area contributed by atoms with E-state index >= 15 is 0 Å². The number of ether oxygens (including phenoxy) is 1. The van der Waals surface area contributed by atoms with E-state index in [0.717, 1.165) is 20.9 Å². The normalized spacial score (nSPS) is 10.7. The van der Waals surface area contributed by atoms with Crippen LogP contribution in [-0.2, 0) is 0 Å². The van der Waals surface area contributed by atoms with Crippen LogP contribution in [0.25, 0.3) is 10.2 Å². The van der Waals surface area contributed by atoms with Crippen molar-refractivity contribution >= 4 is 44.4 Å². The molecule has 0 unspecified atom stereocenters. The van der Waals surface area contributed by atoms with Crippen LogP contribution in [0, 0.1) is 0 Å². The average molecular weight is 344 g/mol. The summed E-state index contributed by atoms with van der Waals surface area (Å²) in [7, 11) is 0. The number of thiazole rings is 1. The summed E-state index contributed by atoms with van der Waals surface area (Å²) in [6.07, 6.45) is 1.96. The molecule has 1 aromatic heterocycles. The number of hydrogen-bond acceptors (Lipinski definition) is 5. The second kappa shape index (κ2) is 7.02. The number of nitrogens with one attached hydrogen (secondary N) is 1. The highest BCUT2D eigenvalue weighted by Crippen LogP contribution is 2.30. The van der Waals surface area contributed by atoms with E-state index in [1.54, 1.807) is 11.8 Å². The maximum atomic E-state index is 12.5. The topological polar surface area (TPSA) is 51.2 Å². The Kier molecular flexibility index (Phi) is 4.83. The number of aromatic nitrogens is 1. The van der Waals surface area contributed by atoms with Crippen molar-refractivity contribution < 1.29 is 9.53 Å². The number of carbonyl (C=O) groups excluding carboxylic acids is 1. The summed E-state index contributed by atoms with van der Waals surface area (Å²) in [6, 6.07) is 13.3. The van der Waals surface area contributed by atoms with Crippen molar-refractivity contribution in [3.8, 4) is 5.75 Å². The molecular weight excluding hydrogens is 328 g/mol. The summed E-state index contributed by atoms with van der Waals surface area (Å²) in [5.41, 5.74) is 1.51. The minimum Gasteiger partial charge on any atom is -0.494 e. The second-order valence-electron chi connectivity index (χ2n) is 4.74. The molecule has 0 atom stereocenters. The van der Waals surface area contributed by atoms with Gasteiger partial charge in [0, 0.05) is 4.90 Å². The fourth-order valence-electron chi connectivity index (χ4n) is 2.21. The lowest BCUT2D eigenvalue weighted by Crippen LogP contribution is -2.12. The molecule has 0 bridgehead atoms. The van der Waals surface area contributed by atoms with E-state index in [0.29, 0.717) is 17.3 Å². The van der Waals surface area contributed by atoms with E-state index in [2.05, 4.69) is 10.3 Å². The minimum atomic E-state index is -0.140. The van der Waals surface area contributed by atoms with E-state index in [1.165, 1.54) is 11.3 Å². The number of anilines is 1. The maximum Gasteiger partial charge on any atom is 0.258 e. The molecule has 0 saturated carbocycles. The van der Waals surface area contributed by atoms with E-state index in [9.17, 15) is 4.79 Å². The van der Waals surface area contributed by atoms with Gasteiger partial charge in [-0.2, -0.15) is 0 Å². The van der Waals surface area contributed by atoms with Crippen molar-refractivity contribution in [1.29, 1.82) is 0 Å². The predicted molar refractivity (Wildman–Crippen MR) is 97.0 cm³/mol. The molecule has 0 fully saturated rings. The highest BCUT2D eigenvalue weighted by atomic mass is 32.2. The fourth-order valence-corrected chi connectivity index (χ4v) is 3.70. The Morgan fingerprint density at radius 1 is 1.30 bits per heavy atom. The van der Waals surface area contributed by atoms with Crippen LogP contribution in [0.15, 0.2) is 47.4 Å². The zero-order valence-electron chi connectivity index (χ0n) is 12.8. The van der Waals surface area contributed by atoms with Crippen molar-refractivity contribution in [1.82, 2.24) is 4.98 Å². The van der Waals surface area contributed by atoms with Crippen molar-refractivity contribution in [2.45, 2.75) is 11.8 Å². The molecule has 3 rings (SSSR count). The first kappa shape index (κ1) is 15.8. The quantitative estimate of drug-likeness (QED) is 0.683. The molecule has 118 valence electrons. The van der Waals surface area contributed by atoms with Crippen LogP contribution < -0.4 is 10.1 Å². The van der Waals surface area contributed by atoms with Gasteiger partial charge in [-0.1, -0.05) is 23.5 Å². The summed E-state index contributed by atoms with van der Waals surface area (Å²) in [6.45, 7) is 2.57. The molecule has 2 aromatic carbocycles. The Labute approximate surface area is 142 Å². The van der Waals surface area contributed by atoms with E-state index in [4.69, 9.17) is 4.74 Å². The number of thioether (sulfide) groups is 1. The van der Waals surface area contributed by atoms with Gasteiger partial charge in [0.2, 0.25) is 0 Å². The molecule has 0 radical (unpaired) electrons. The average Bonchev–Trinajstić information content (AvgIpc) is 2.96. The van der Waals surface area contributed by atoms with E-state index in [1.807, 2.05) is 55.6 Å². The lowest BCUT2D eigenvalue weighted by atomic mass is 10.2. The summed E-state index contributed by atoms with van der Waals surface area (Å²) in [5.74, 6) is 0.674. The Morgan fingerprint density at radius 3 is 2.91 bits per heavy atom. The number of fused-ring (bicyclic) bond motifs is 1. The molecule has 0 spiro atoms. The molecule has 0 aliphatic carbocycles. The molecular formula is C17H16N2O2S2. The summed E-state index contributed by atoms with van der Waals surface area (Å²) in [5, 5.41) is 3.48. The number of benzene rings is 2. The Bertz CT molecular complexity index is 845. The third-order valence-corrected chi connectivity index (χ3v) is 4.97. The summed E-state index contributed by atoms with van der Waals surface area (Å²) < 4.78 is 6.48. The Morgan fingerprint density at radius 2 is 2.13 bits per heavy atom. The number of amides is 1. The van der Waals surface area contributed by atoms with Crippen molar-refractivity contribution in [2.75, 3.05) is 18.2 Å². The van der Waals surface area contributed by atoms with Gasteiger partial charge in [0.15, 0.2) is 5.13 Å². The van der Waals surface area contributed by atoms with E-state index in [-0.39, 0.29) is 5.91 Å². The molecule has 1 amide bonds. The Hall–Kier alpha value is -2.05. The molecule has 6 heteroatoms. The summed E-state index contributed by atoms with van der Waals surface area (Å²) >= 11 is 3.00. The first-order valence-electron chi connectivity index (χ1n) is 7.19. The number of rotatable bonds is 5. The standard InChI is InChI=1S/C17H16N2O2S2/c1-3-21-11-8-9-13-15(10-11)23-17(18-13)19-16(20)12-6-4-5-7-14(12)22-2/h4-10H,3H2,1-2H3,(H,18,19,20). The van der Waals surface area contributed by atoms with Gasteiger partial charge in [-0.25, -0.2) is 4.98 Å². The number of hydrogen-bond donors (Lipinski definition) is 1. The number of carbonyl (C=O) groups is 1. The molecule has 4 nitrogen and oxygen atoms in total. The van der Waals surface area contributed by atoms with Gasteiger partial charge in [-0.05, 0) is 43.5 Å². The minimum absolute atomic E-state index is 0.140. The van der Waals surface area contributed by atoms with Crippen LogP contribution in [0.1, 0.15) is 17.3 Å². The highest BCUT2D eigenvalue weighted by Gasteiger charge is 2.13. The molecule has 0 aliphatic heterocycles. The van der Waals surface area contributed by atoms with Gasteiger partial charge in [0.1, 0.15) is 5.75 Å². The molecule has 0 aliphatic rings. The van der Waals surface area contributed by atoms with Crippen LogP contribution in [-0.4, -0.2) is 23.8 Å². The van der Waals surface area contributed by atoms with Gasteiger partial charge >= 0.3 is 0 Å². The molecule has 3 aromatic rings. The Balaban J connectivity index is 1.84. The molecule has 23 heavy (non-hydrogen) atoms. The zero-order chi connectivity index (χ0) is 16.2. The van der Waals surface area contributed by atoms with Crippen molar-refractivity contribution in [3.63, 3.8) is 0 Å². The zero-order valence-corrected chi connectivity index (χ0v) is 14.5. The van der Waals surface area contributed by atoms with Crippen LogP contribution >= 0.6 is 23.1 Å². The van der Waals surface area contributed by atoms with Crippen LogP contribution in [0.2, 0.25) is 0 Å². The third-order valence-electron chi connectivity index (χ3n) is 3.24. The SMILES string of the molecule is CCOc1ccc2nc(NC(=O)c3ccccc3SC)sc2c1. The third kappa shape index (κ3) is 3.48. The van der Waals surface area contributed by atoms with Crippen LogP contribution in [0.5, 0.6) is 5.75 Å². The summed E-state index contributed by atoms with van der Waals surface area (Å²) in [4.78, 5) is 17.9. The first-order valence-corrected chi connectivity index (χ1v) is 9.23. The largest absolute Gasteiger partial charge is 0.494 e. The van der Waals surface area contributed by atoms with Crippen molar-refractivity contribution in [2.24, 2.45) is 0 Å². The van der Waals surface area contributed by atoms with Gasteiger partial charge in [0.25, 0.3) is 5.91 Å². The van der Waals surface area contributed by atoms with Gasteiger partial charge in [-0.3, -0.25) is 10.1 Å². The molecule has 1 heterocycles. The van der Waals surface area contributed by atoms with Gasteiger partial charge in [0.05, 0.1) is 22.4 Å². The van der Waals surface area contributed by atoms with Crippen LogP contribution in [0.3, 0.4) is 0 Å². The predicted octanol–water partition coefficient (Wildman–Crippen LogP) is 4.67. The fraction of sp³-hybridized carbons (Fsp3) is 0.176. The van der Waals surface area contributed by atoms with Crippen LogP contribution in [0.4, 0.5) is 5.13 Å². The number of nitrogens with zero attached hydrogens (tertiary/aromatic N) is 1. The van der Waals surface area contributed by atoms with Crippen molar-refractivity contribution in [3.05, 3.63) is 48.0 Å². The second-order valence-corrected chi connectivity index (χ2v) is 6.61. The molecule has 0 saturated heterocycles. The monoisotopic (exact) mass is 344 g/mol. The van der Waals surface area contributed by atoms with Gasteiger partial charge in [-0.15, -0.1) is 11.8 Å². The lowest BCUT2D eigenvalue weighted by Gasteiger charge is -2.05. The van der Waals surface area contributed by atoms with Gasteiger partial charge < -0.3 is 4.74 Å². The maximum absolute atomic E-state index is 12.5. The lowest BCUT2D eigenvalue weighted by molar-refractivity contribution is 0.102. The highest BCUT2D eigenvalue weighted by molar-refractivity contribution is 7.98. The molecule has 1 N–H and O–H groups in total. The van der Waals surface area contributed by atoms with E-state index < -0.39 is 0 Å². The first-order chi connectivity index (χ1) is 11.2. The smallest absolute Gasteiger partial charge is 0.258 e.